The van der Waals surface area contributed by atoms with Gasteiger partial charge in [-0.1, -0.05) is 12.1 Å². The molecule has 2 heterocycles. The SMILES string of the molecule is CC(=O)NC(C)c1cccc2c1C(=O)N(C1CCC(=O)NC1=O)C2=O. The predicted octanol–water partition coefficient (Wildman–Crippen LogP) is 0.285. The number of carbonyl (C=O) groups is 5. The third-order valence-electron chi connectivity index (χ3n) is 4.39. The number of nitrogens with zero attached hydrogens (tertiary/aromatic N) is 1. The van der Waals surface area contributed by atoms with Crippen LogP contribution in [-0.2, 0) is 14.4 Å². The normalized spacial score (nSPS) is 21.0. The van der Waals surface area contributed by atoms with E-state index in [1.807, 2.05) is 0 Å². The highest BCUT2D eigenvalue weighted by atomic mass is 16.2. The lowest BCUT2D eigenvalue weighted by molar-refractivity contribution is -0.136. The van der Waals surface area contributed by atoms with Crippen molar-refractivity contribution in [3.63, 3.8) is 0 Å². The summed E-state index contributed by atoms with van der Waals surface area (Å²) in [4.78, 5) is 61.1. The van der Waals surface area contributed by atoms with Crippen LogP contribution in [0.25, 0.3) is 0 Å². The summed E-state index contributed by atoms with van der Waals surface area (Å²) in [6, 6.07) is 3.34. The first kappa shape index (κ1) is 16.8. The van der Waals surface area contributed by atoms with E-state index in [4.69, 9.17) is 0 Å². The number of imide groups is 2. The van der Waals surface area contributed by atoms with Crippen molar-refractivity contribution in [3.8, 4) is 0 Å². The van der Waals surface area contributed by atoms with Crippen molar-refractivity contribution >= 4 is 29.5 Å². The van der Waals surface area contributed by atoms with Crippen molar-refractivity contribution in [2.45, 2.75) is 38.8 Å². The van der Waals surface area contributed by atoms with Crippen molar-refractivity contribution in [1.82, 2.24) is 15.5 Å². The molecular weight excluding hydrogens is 326 g/mol. The maximum atomic E-state index is 12.9. The van der Waals surface area contributed by atoms with Crippen LogP contribution in [0.4, 0.5) is 0 Å². The van der Waals surface area contributed by atoms with Crippen LogP contribution in [0, 0.1) is 0 Å². The molecule has 0 spiro atoms. The average molecular weight is 343 g/mol. The number of hydrogen-bond acceptors (Lipinski definition) is 5. The number of nitrogens with one attached hydrogen (secondary N) is 2. The van der Waals surface area contributed by atoms with Gasteiger partial charge in [0.1, 0.15) is 6.04 Å². The molecule has 8 nitrogen and oxygen atoms in total. The summed E-state index contributed by atoms with van der Waals surface area (Å²) >= 11 is 0. The van der Waals surface area contributed by atoms with Crippen molar-refractivity contribution < 1.29 is 24.0 Å². The van der Waals surface area contributed by atoms with Crippen LogP contribution in [0.5, 0.6) is 0 Å². The Morgan fingerprint density at radius 3 is 2.60 bits per heavy atom. The molecule has 1 fully saturated rings. The summed E-state index contributed by atoms with van der Waals surface area (Å²) < 4.78 is 0. The quantitative estimate of drug-likeness (QED) is 0.766. The van der Waals surface area contributed by atoms with Gasteiger partial charge in [0.2, 0.25) is 17.7 Å². The summed E-state index contributed by atoms with van der Waals surface area (Å²) in [7, 11) is 0. The zero-order valence-corrected chi connectivity index (χ0v) is 13.8. The Bertz CT molecular complexity index is 817. The van der Waals surface area contributed by atoms with Gasteiger partial charge in [0, 0.05) is 13.3 Å². The van der Waals surface area contributed by atoms with E-state index in [9.17, 15) is 24.0 Å². The molecule has 8 heteroatoms. The van der Waals surface area contributed by atoms with Crippen LogP contribution in [0.15, 0.2) is 18.2 Å². The minimum atomic E-state index is -1.01. The number of hydrogen-bond donors (Lipinski definition) is 2. The molecule has 0 bridgehead atoms. The fraction of sp³-hybridized carbons (Fsp3) is 0.353. The molecule has 1 aromatic carbocycles. The lowest BCUT2D eigenvalue weighted by Crippen LogP contribution is -2.54. The van der Waals surface area contributed by atoms with E-state index in [2.05, 4.69) is 10.6 Å². The van der Waals surface area contributed by atoms with E-state index in [0.29, 0.717) is 5.56 Å². The third kappa shape index (κ3) is 2.79. The second-order valence-electron chi connectivity index (χ2n) is 6.14. The molecule has 3 rings (SSSR count). The number of carbonyl (C=O) groups excluding carboxylic acids is 5. The maximum absolute atomic E-state index is 12.9. The molecule has 25 heavy (non-hydrogen) atoms. The molecule has 2 unspecified atom stereocenters. The highest BCUT2D eigenvalue weighted by molar-refractivity contribution is 6.24. The molecule has 0 saturated carbocycles. The van der Waals surface area contributed by atoms with E-state index >= 15 is 0 Å². The zero-order chi connectivity index (χ0) is 18.3. The smallest absolute Gasteiger partial charge is 0.262 e. The molecule has 5 amide bonds. The second kappa shape index (κ2) is 6.12. The van der Waals surface area contributed by atoms with E-state index < -0.39 is 35.7 Å². The van der Waals surface area contributed by atoms with Crippen molar-refractivity contribution in [2.75, 3.05) is 0 Å². The summed E-state index contributed by atoms with van der Waals surface area (Å²) in [5.41, 5.74) is 0.906. The molecule has 130 valence electrons. The third-order valence-corrected chi connectivity index (χ3v) is 4.39. The van der Waals surface area contributed by atoms with Crippen LogP contribution in [0.1, 0.15) is 59.0 Å². The lowest BCUT2D eigenvalue weighted by atomic mass is 9.97. The first-order valence-corrected chi connectivity index (χ1v) is 7.93. The fourth-order valence-electron chi connectivity index (χ4n) is 3.28. The van der Waals surface area contributed by atoms with Crippen LogP contribution in [0.2, 0.25) is 0 Å². The lowest BCUT2D eigenvalue weighted by Gasteiger charge is -2.28. The molecule has 0 aromatic heterocycles. The molecule has 0 aliphatic carbocycles. The van der Waals surface area contributed by atoms with Gasteiger partial charge in [-0.25, -0.2) is 0 Å². The van der Waals surface area contributed by atoms with Gasteiger partial charge >= 0.3 is 0 Å². The number of amides is 5. The molecular formula is C17H17N3O5. The van der Waals surface area contributed by atoms with Gasteiger partial charge in [0.15, 0.2) is 0 Å². The van der Waals surface area contributed by atoms with Crippen LogP contribution in [-0.4, -0.2) is 40.5 Å². The number of piperidine rings is 1. The molecule has 1 saturated heterocycles. The van der Waals surface area contributed by atoms with Gasteiger partial charge in [-0.15, -0.1) is 0 Å². The molecule has 2 aliphatic heterocycles. The van der Waals surface area contributed by atoms with Gasteiger partial charge in [-0.05, 0) is 25.0 Å². The maximum Gasteiger partial charge on any atom is 0.262 e. The molecule has 2 aliphatic rings. The molecule has 0 radical (unpaired) electrons. The van der Waals surface area contributed by atoms with Crippen LogP contribution in [0.3, 0.4) is 0 Å². The first-order valence-electron chi connectivity index (χ1n) is 7.93. The van der Waals surface area contributed by atoms with Crippen molar-refractivity contribution in [2.24, 2.45) is 0 Å². The molecule has 2 atom stereocenters. The van der Waals surface area contributed by atoms with Crippen molar-refractivity contribution in [1.29, 1.82) is 0 Å². The van der Waals surface area contributed by atoms with Gasteiger partial charge < -0.3 is 5.32 Å². The largest absolute Gasteiger partial charge is 0.350 e. The minimum Gasteiger partial charge on any atom is -0.350 e. The van der Waals surface area contributed by atoms with Gasteiger partial charge in [0.05, 0.1) is 17.2 Å². The standard InChI is InChI=1S/C17H17N3O5/c1-8(18-9(2)21)10-4-3-5-11-14(10)17(25)20(16(11)24)12-6-7-13(22)19-15(12)23/h3-5,8,12H,6-7H2,1-2H3,(H,18,21)(H,19,22,23). The monoisotopic (exact) mass is 343 g/mol. The van der Waals surface area contributed by atoms with Gasteiger partial charge in [0.25, 0.3) is 11.8 Å². The number of fused-ring (bicyclic) bond motifs is 1. The Hall–Kier alpha value is -3.03. The van der Waals surface area contributed by atoms with E-state index in [-0.39, 0.29) is 29.9 Å². The fourth-order valence-corrected chi connectivity index (χ4v) is 3.28. The highest BCUT2D eigenvalue weighted by Crippen LogP contribution is 2.32. The van der Waals surface area contributed by atoms with Gasteiger partial charge in [-0.2, -0.15) is 0 Å². The Morgan fingerprint density at radius 2 is 1.96 bits per heavy atom. The topological polar surface area (TPSA) is 113 Å². The second-order valence-corrected chi connectivity index (χ2v) is 6.14. The van der Waals surface area contributed by atoms with E-state index in [1.165, 1.54) is 13.0 Å². The van der Waals surface area contributed by atoms with Crippen LogP contribution < -0.4 is 10.6 Å². The number of rotatable bonds is 3. The zero-order valence-electron chi connectivity index (χ0n) is 13.8. The Kier molecular flexibility index (Phi) is 4.12. The molecule has 1 aromatic rings. The number of benzene rings is 1. The predicted molar refractivity (Wildman–Crippen MR) is 85.3 cm³/mol. The minimum absolute atomic E-state index is 0.0684. The summed E-state index contributed by atoms with van der Waals surface area (Å²) in [5.74, 6) is -2.47. The Balaban J connectivity index is 1.98. The first-order chi connectivity index (χ1) is 11.8. The van der Waals surface area contributed by atoms with Gasteiger partial charge in [-0.3, -0.25) is 34.2 Å². The van der Waals surface area contributed by atoms with Crippen molar-refractivity contribution in [3.05, 3.63) is 34.9 Å². The molecule has 2 N–H and O–H groups in total. The van der Waals surface area contributed by atoms with Crippen LogP contribution >= 0.6 is 0 Å². The van der Waals surface area contributed by atoms with E-state index in [0.717, 1.165) is 4.90 Å². The summed E-state index contributed by atoms with van der Waals surface area (Å²) in [5, 5.41) is 4.84. The summed E-state index contributed by atoms with van der Waals surface area (Å²) in [6.07, 6.45) is 0.172. The highest BCUT2D eigenvalue weighted by Gasteiger charge is 2.45. The Morgan fingerprint density at radius 1 is 1.24 bits per heavy atom. The Labute approximate surface area is 143 Å². The summed E-state index contributed by atoms with van der Waals surface area (Å²) in [6.45, 7) is 3.08. The average Bonchev–Trinajstić information content (AvgIpc) is 2.79. The van der Waals surface area contributed by atoms with E-state index in [1.54, 1.807) is 19.1 Å².